The standard InChI is InChI=1S/C22H15Cl2NO3/c1-12-3-2-4-13(9-12)14-5-6-15-18(10-14)25(11-19(26)27)21-16(22(15)28)7-8-17(23)20(21)24/h2-10H,11H2,1H3,(H,26,27). The zero-order valence-corrected chi connectivity index (χ0v) is 16.4. The van der Waals surface area contributed by atoms with Crippen molar-refractivity contribution < 1.29 is 9.90 Å². The Hall–Kier alpha value is -2.82. The van der Waals surface area contributed by atoms with E-state index in [2.05, 4.69) is 0 Å². The number of halogens is 2. The van der Waals surface area contributed by atoms with Gasteiger partial charge in [0.25, 0.3) is 0 Å². The van der Waals surface area contributed by atoms with E-state index in [1.54, 1.807) is 22.8 Å². The predicted octanol–water partition coefficient (Wildman–Crippen LogP) is 5.52. The van der Waals surface area contributed by atoms with Gasteiger partial charge >= 0.3 is 5.97 Å². The summed E-state index contributed by atoms with van der Waals surface area (Å²) < 4.78 is 1.54. The average molecular weight is 412 g/mol. The van der Waals surface area contributed by atoms with Crippen LogP contribution in [0.5, 0.6) is 0 Å². The number of fused-ring (bicyclic) bond motifs is 2. The maximum absolute atomic E-state index is 13.0. The van der Waals surface area contributed by atoms with Gasteiger partial charge in [-0.2, -0.15) is 0 Å². The molecule has 0 spiro atoms. The van der Waals surface area contributed by atoms with Crippen molar-refractivity contribution in [3.8, 4) is 11.1 Å². The fraction of sp³-hybridized carbons (Fsp3) is 0.0909. The third kappa shape index (κ3) is 3.05. The Balaban J connectivity index is 2.15. The Morgan fingerprint density at radius 2 is 1.71 bits per heavy atom. The third-order valence-electron chi connectivity index (χ3n) is 4.76. The highest BCUT2D eigenvalue weighted by Gasteiger charge is 2.17. The largest absolute Gasteiger partial charge is 0.480 e. The van der Waals surface area contributed by atoms with Crippen LogP contribution in [0.1, 0.15) is 5.56 Å². The van der Waals surface area contributed by atoms with E-state index in [1.165, 1.54) is 0 Å². The predicted molar refractivity (Wildman–Crippen MR) is 114 cm³/mol. The summed E-state index contributed by atoms with van der Waals surface area (Å²) in [5.41, 5.74) is 3.59. The van der Waals surface area contributed by atoms with Gasteiger partial charge in [-0.15, -0.1) is 0 Å². The lowest BCUT2D eigenvalue weighted by Gasteiger charge is -2.16. The van der Waals surface area contributed by atoms with Gasteiger partial charge in [0.05, 0.1) is 21.1 Å². The molecule has 0 bridgehead atoms. The van der Waals surface area contributed by atoms with Crippen molar-refractivity contribution in [2.75, 3.05) is 0 Å². The highest BCUT2D eigenvalue weighted by Crippen LogP contribution is 2.33. The first-order valence-corrected chi connectivity index (χ1v) is 9.35. The first-order valence-electron chi connectivity index (χ1n) is 8.60. The number of carboxylic acid groups (broad SMARTS) is 1. The minimum atomic E-state index is -1.04. The van der Waals surface area contributed by atoms with Crippen LogP contribution in [-0.4, -0.2) is 15.6 Å². The molecule has 4 aromatic rings. The van der Waals surface area contributed by atoms with Crippen LogP contribution in [-0.2, 0) is 11.3 Å². The summed E-state index contributed by atoms with van der Waals surface area (Å²) in [5.74, 6) is -1.04. The Labute approximate surface area is 170 Å². The molecule has 0 unspecified atom stereocenters. The third-order valence-corrected chi connectivity index (χ3v) is 5.56. The maximum Gasteiger partial charge on any atom is 0.323 e. The SMILES string of the molecule is Cc1cccc(-c2ccc3c(=O)c4ccc(Cl)c(Cl)c4n(CC(=O)O)c3c2)c1. The van der Waals surface area contributed by atoms with Gasteiger partial charge in [0.1, 0.15) is 6.54 Å². The molecule has 4 nitrogen and oxygen atoms in total. The molecular weight excluding hydrogens is 397 g/mol. The van der Waals surface area contributed by atoms with Gasteiger partial charge in [0.2, 0.25) is 0 Å². The summed E-state index contributed by atoms with van der Waals surface area (Å²) >= 11 is 12.5. The minimum absolute atomic E-state index is 0.167. The molecule has 140 valence electrons. The second-order valence-electron chi connectivity index (χ2n) is 6.67. The van der Waals surface area contributed by atoms with Gasteiger partial charge in [0, 0.05) is 10.8 Å². The van der Waals surface area contributed by atoms with Gasteiger partial charge in [-0.1, -0.05) is 59.1 Å². The van der Waals surface area contributed by atoms with Crippen LogP contribution in [0.3, 0.4) is 0 Å². The van der Waals surface area contributed by atoms with Gasteiger partial charge in [0.15, 0.2) is 5.43 Å². The summed E-state index contributed by atoms with van der Waals surface area (Å²) in [4.78, 5) is 24.6. The van der Waals surface area contributed by atoms with Crippen molar-refractivity contribution >= 4 is 51.0 Å². The highest BCUT2D eigenvalue weighted by molar-refractivity contribution is 6.45. The molecule has 6 heteroatoms. The quantitative estimate of drug-likeness (QED) is 0.451. The number of hydrogen-bond donors (Lipinski definition) is 1. The fourth-order valence-electron chi connectivity index (χ4n) is 3.50. The number of carbonyl (C=O) groups is 1. The Kier molecular flexibility index (Phi) is 4.61. The van der Waals surface area contributed by atoms with Gasteiger partial charge in [-0.25, -0.2) is 0 Å². The normalized spacial score (nSPS) is 11.2. The zero-order valence-electron chi connectivity index (χ0n) is 14.9. The lowest BCUT2D eigenvalue weighted by molar-refractivity contribution is -0.137. The molecule has 0 saturated heterocycles. The molecule has 3 aromatic carbocycles. The van der Waals surface area contributed by atoms with E-state index in [0.717, 1.165) is 16.7 Å². The number of aromatic nitrogens is 1. The highest BCUT2D eigenvalue weighted by atomic mass is 35.5. The molecule has 4 rings (SSSR count). The van der Waals surface area contributed by atoms with Crippen LogP contribution in [0.2, 0.25) is 10.0 Å². The monoisotopic (exact) mass is 411 g/mol. The fourth-order valence-corrected chi connectivity index (χ4v) is 3.92. The summed E-state index contributed by atoms with van der Waals surface area (Å²) in [5, 5.41) is 10.7. The van der Waals surface area contributed by atoms with Crippen LogP contribution in [0.4, 0.5) is 0 Å². The number of aliphatic carboxylic acids is 1. The topological polar surface area (TPSA) is 59.3 Å². The Bertz CT molecular complexity index is 1330. The number of carboxylic acids is 1. The molecule has 0 fully saturated rings. The molecule has 0 atom stereocenters. The van der Waals surface area contributed by atoms with E-state index >= 15 is 0 Å². The molecule has 0 saturated carbocycles. The van der Waals surface area contributed by atoms with Crippen molar-refractivity contribution in [2.45, 2.75) is 13.5 Å². The van der Waals surface area contributed by atoms with E-state index in [9.17, 15) is 14.7 Å². The molecular formula is C22H15Cl2NO3. The molecule has 1 N–H and O–H groups in total. The van der Waals surface area contributed by atoms with Crippen LogP contribution in [0, 0.1) is 6.92 Å². The van der Waals surface area contributed by atoms with Crippen molar-refractivity contribution in [1.29, 1.82) is 0 Å². The van der Waals surface area contributed by atoms with E-state index in [1.807, 2.05) is 43.3 Å². The summed E-state index contributed by atoms with van der Waals surface area (Å²) in [6.07, 6.45) is 0. The summed E-state index contributed by atoms with van der Waals surface area (Å²) in [7, 11) is 0. The lowest BCUT2D eigenvalue weighted by Crippen LogP contribution is -2.16. The molecule has 0 aliphatic heterocycles. The number of pyridine rings is 1. The number of hydrogen-bond acceptors (Lipinski definition) is 2. The van der Waals surface area contributed by atoms with E-state index in [4.69, 9.17) is 23.2 Å². The number of aryl methyl sites for hydroxylation is 1. The number of rotatable bonds is 3. The van der Waals surface area contributed by atoms with E-state index < -0.39 is 5.97 Å². The average Bonchev–Trinajstić information content (AvgIpc) is 2.67. The lowest BCUT2D eigenvalue weighted by atomic mass is 10.0. The minimum Gasteiger partial charge on any atom is -0.480 e. The molecule has 0 radical (unpaired) electrons. The molecule has 28 heavy (non-hydrogen) atoms. The first-order chi connectivity index (χ1) is 13.4. The van der Waals surface area contributed by atoms with Crippen molar-refractivity contribution in [3.05, 3.63) is 80.4 Å². The second kappa shape index (κ2) is 6.97. The zero-order chi connectivity index (χ0) is 20.0. The first kappa shape index (κ1) is 18.5. The molecule has 0 amide bonds. The Morgan fingerprint density at radius 1 is 1.00 bits per heavy atom. The summed E-state index contributed by atoms with van der Waals surface area (Å²) in [6, 6.07) is 16.5. The molecule has 1 heterocycles. The Morgan fingerprint density at radius 3 is 2.43 bits per heavy atom. The van der Waals surface area contributed by atoms with E-state index in [0.29, 0.717) is 21.8 Å². The summed E-state index contributed by atoms with van der Waals surface area (Å²) in [6.45, 7) is 1.66. The smallest absolute Gasteiger partial charge is 0.323 e. The molecule has 1 aromatic heterocycles. The van der Waals surface area contributed by atoms with Gasteiger partial charge in [-0.3, -0.25) is 9.59 Å². The molecule has 0 aliphatic rings. The molecule has 0 aliphatic carbocycles. The van der Waals surface area contributed by atoms with E-state index in [-0.39, 0.29) is 22.0 Å². The van der Waals surface area contributed by atoms with Gasteiger partial charge in [-0.05, 0) is 42.3 Å². The maximum atomic E-state index is 13.0. The van der Waals surface area contributed by atoms with Crippen molar-refractivity contribution in [1.82, 2.24) is 4.57 Å². The van der Waals surface area contributed by atoms with Crippen molar-refractivity contribution in [2.24, 2.45) is 0 Å². The van der Waals surface area contributed by atoms with Gasteiger partial charge < -0.3 is 9.67 Å². The number of benzene rings is 3. The number of nitrogens with zero attached hydrogens (tertiary/aromatic N) is 1. The van der Waals surface area contributed by atoms with Crippen LogP contribution < -0.4 is 5.43 Å². The van der Waals surface area contributed by atoms with Crippen molar-refractivity contribution in [3.63, 3.8) is 0 Å². The second-order valence-corrected chi connectivity index (χ2v) is 7.45. The van der Waals surface area contributed by atoms with Crippen LogP contribution in [0.15, 0.2) is 59.4 Å². The van der Waals surface area contributed by atoms with Crippen LogP contribution >= 0.6 is 23.2 Å². The van der Waals surface area contributed by atoms with Crippen LogP contribution in [0.25, 0.3) is 32.9 Å².